The molecule has 0 saturated carbocycles. The fourth-order valence-electron chi connectivity index (χ4n) is 1.25. The number of nitriles is 1. The van der Waals surface area contributed by atoms with Crippen molar-refractivity contribution < 1.29 is 0 Å². The Labute approximate surface area is 83.3 Å². The maximum atomic E-state index is 9.08. The highest BCUT2D eigenvalue weighted by atomic mass is 32.2. The Morgan fingerprint density at radius 3 is 2.58 bits per heavy atom. The number of rotatable bonds is 3. The van der Waals surface area contributed by atoms with Crippen molar-refractivity contribution in [3.63, 3.8) is 0 Å². The van der Waals surface area contributed by atoms with Crippen molar-refractivity contribution >= 4 is 23.5 Å². The van der Waals surface area contributed by atoms with Crippen LogP contribution in [0.1, 0.15) is 32.6 Å². The van der Waals surface area contributed by atoms with Crippen molar-refractivity contribution in [2.75, 3.05) is 11.5 Å². The van der Waals surface area contributed by atoms with Gasteiger partial charge >= 0.3 is 0 Å². The van der Waals surface area contributed by atoms with Crippen LogP contribution in [0.15, 0.2) is 0 Å². The zero-order chi connectivity index (χ0) is 8.86. The molecule has 1 aliphatic heterocycles. The van der Waals surface area contributed by atoms with Gasteiger partial charge in [-0.3, -0.25) is 0 Å². The quantitative estimate of drug-likeness (QED) is 0.700. The molecule has 0 unspecified atom stereocenters. The Morgan fingerprint density at radius 2 is 2.08 bits per heavy atom. The van der Waals surface area contributed by atoms with E-state index in [-0.39, 0.29) is 4.08 Å². The summed E-state index contributed by atoms with van der Waals surface area (Å²) in [7, 11) is 0. The van der Waals surface area contributed by atoms with Crippen molar-refractivity contribution in [3.05, 3.63) is 0 Å². The second-order valence-corrected chi connectivity index (χ2v) is 6.06. The van der Waals surface area contributed by atoms with Crippen molar-refractivity contribution in [1.82, 2.24) is 0 Å². The van der Waals surface area contributed by atoms with E-state index in [2.05, 4.69) is 13.0 Å². The fraction of sp³-hybridized carbons (Fsp3) is 0.889. The molecule has 1 saturated heterocycles. The monoisotopic (exact) mass is 201 g/mol. The maximum absolute atomic E-state index is 9.08. The van der Waals surface area contributed by atoms with Crippen molar-refractivity contribution in [2.45, 2.75) is 36.7 Å². The van der Waals surface area contributed by atoms with E-state index in [0.29, 0.717) is 0 Å². The Morgan fingerprint density at radius 1 is 1.42 bits per heavy atom. The van der Waals surface area contributed by atoms with Gasteiger partial charge in [0.1, 0.15) is 4.08 Å². The fourth-order valence-corrected chi connectivity index (χ4v) is 4.21. The molecular weight excluding hydrogens is 186 g/mol. The Kier molecular flexibility index (Phi) is 4.31. The number of hydrogen-bond donors (Lipinski definition) is 0. The van der Waals surface area contributed by atoms with Gasteiger partial charge in [0, 0.05) is 0 Å². The molecule has 0 aliphatic carbocycles. The summed E-state index contributed by atoms with van der Waals surface area (Å²) in [6.07, 6.45) is 4.72. The van der Waals surface area contributed by atoms with E-state index in [4.69, 9.17) is 5.26 Å². The van der Waals surface area contributed by atoms with Gasteiger partial charge in [-0.15, -0.1) is 23.5 Å². The first-order chi connectivity index (χ1) is 5.83. The molecule has 12 heavy (non-hydrogen) atoms. The zero-order valence-corrected chi connectivity index (χ0v) is 9.14. The van der Waals surface area contributed by atoms with E-state index in [9.17, 15) is 0 Å². The summed E-state index contributed by atoms with van der Waals surface area (Å²) in [4.78, 5) is 0. The third-order valence-corrected chi connectivity index (χ3v) is 5.21. The second kappa shape index (κ2) is 5.04. The van der Waals surface area contributed by atoms with Crippen LogP contribution in [0.3, 0.4) is 0 Å². The van der Waals surface area contributed by atoms with Crippen LogP contribution in [0.5, 0.6) is 0 Å². The summed E-state index contributed by atoms with van der Waals surface area (Å²) in [6, 6.07) is 2.48. The largest absolute Gasteiger partial charge is 0.196 e. The Bertz CT molecular complexity index is 168. The topological polar surface area (TPSA) is 23.8 Å². The van der Waals surface area contributed by atoms with E-state index in [1.807, 2.05) is 23.5 Å². The molecule has 0 aromatic heterocycles. The van der Waals surface area contributed by atoms with E-state index in [1.54, 1.807) is 0 Å². The first-order valence-electron chi connectivity index (χ1n) is 4.52. The van der Waals surface area contributed by atoms with Crippen molar-refractivity contribution in [2.24, 2.45) is 0 Å². The molecule has 0 aromatic carbocycles. The lowest BCUT2D eigenvalue weighted by molar-refractivity contribution is 0.717. The molecule has 1 rings (SSSR count). The average molecular weight is 201 g/mol. The predicted octanol–water partition coefficient (Wildman–Crippen LogP) is 3.27. The van der Waals surface area contributed by atoms with Crippen LogP contribution < -0.4 is 0 Å². The van der Waals surface area contributed by atoms with Crippen LogP contribution in [-0.4, -0.2) is 15.6 Å². The minimum Gasteiger partial charge on any atom is -0.196 e. The zero-order valence-electron chi connectivity index (χ0n) is 7.51. The number of nitrogens with zero attached hydrogens (tertiary/aromatic N) is 1. The molecular formula is C9H15NS2. The van der Waals surface area contributed by atoms with Crippen LogP contribution in [0.2, 0.25) is 0 Å². The van der Waals surface area contributed by atoms with Crippen molar-refractivity contribution in [1.29, 1.82) is 5.26 Å². The molecule has 0 aromatic rings. The van der Waals surface area contributed by atoms with Crippen molar-refractivity contribution in [3.8, 4) is 6.07 Å². The van der Waals surface area contributed by atoms with E-state index in [0.717, 1.165) is 6.42 Å². The lowest BCUT2D eigenvalue weighted by atomic mass is 10.2. The van der Waals surface area contributed by atoms with Gasteiger partial charge in [-0.1, -0.05) is 19.8 Å². The molecule has 0 bridgehead atoms. The van der Waals surface area contributed by atoms with Gasteiger partial charge in [0.05, 0.1) is 6.07 Å². The third kappa shape index (κ3) is 2.60. The van der Waals surface area contributed by atoms with Gasteiger partial charge in [0.15, 0.2) is 0 Å². The number of thioether (sulfide) groups is 2. The van der Waals surface area contributed by atoms with Crippen LogP contribution >= 0.6 is 23.5 Å². The molecule has 1 nitrogen and oxygen atoms in total. The molecule has 0 N–H and O–H groups in total. The minimum absolute atomic E-state index is 0.0890. The third-order valence-electron chi connectivity index (χ3n) is 1.99. The highest BCUT2D eigenvalue weighted by Gasteiger charge is 2.32. The number of hydrogen-bond acceptors (Lipinski definition) is 3. The van der Waals surface area contributed by atoms with Gasteiger partial charge in [0.2, 0.25) is 0 Å². The molecule has 3 heteroatoms. The summed E-state index contributed by atoms with van der Waals surface area (Å²) in [5.74, 6) is 2.34. The van der Waals surface area contributed by atoms with Gasteiger partial charge < -0.3 is 0 Å². The van der Waals surface area contributed by atoms with Gasteiger partial charge in [-0.2, -0.15) is 5.26 Å². The normalized spacial score (nSPS) is 21.7. The van der Waals surface area contributed by atoms with Gasteiger partial charge in [0.25, 0.3) is 0 Å². The van der Waals surface area contributed by atoms with E-state index in [1.165, 1.54) is 30.8 Å². The van der Waals surface area contributed by atoms with Crippen LogP contribution in [-0.2, 0) is 0 Å². The predicted molar refractivity (Wildman–Crippen MR) is 57.4 cm³/mol. The molecule has 68 valence electrons. The molecule has 0 radical (unpaired) electrons. The molecule has 0 spiro atoms. The highest BCUT2D eigenvalue weighted by Crippen LogP contribution is 2.45. The van der Waals surface area contributed by atoms with Crippen LogP contribution in [0, 0.1) is 11.3 Å². The number of unbranched alkanes of at least 4 members (excludes halogenated alkanes) is 1. The van der Waals surface area contributed by atoms with Crippen LogP contribution in [0.25, 0.3) is 0 Å². The standard InChI is InChI=1S/C9H15NS2/c1-2-3-5-9(8-10)11-6-4-7-12-9/h2-7H2,1H3. The minimum atomic E-state index is -0.0890. The lowest BCUT2D eigenvalue weighted by Crippen LogP contribution is -2.22. The summed E-state index contributed by atoms with van der Waals surface area (Å²) in [5, 5.41) is 9.08. The summed E-state index contributed by atoms with van der Waals surface area (Å²) in [5.41, 5.74) is 0. The Balaban J connectivity index is 2.44. The summed E-state index contributed by atoms with van der Waals surface area (Å²) < 4.78 is -0.0890. The average Bonchev–Trinajstić information content (AvgIpc) is 2.16. The molecule has 0 amide bonds. The Hall–Kier alpha value is 0.190. The summed E-state index contributed by atoms with van der Waals surface area (Å²) in [6.45, 7) is 2.18. The molecule has 0 atom stereocenters. The van der Waals surface area contributed by atoms with E-state index < -0.39 is 0 Å². The summed E-state index contributed by atoms with van der Waals surface area (Å²) >= 11 is 3.70. The molecule has 1 aliphatic rings. The molecule has 1 fully saturated rings. The van der Waals surface area contributed by atoms with Gasteiger partial charge in [-0.25, -0.2) is 0 Å². The van der Waals surface area contributed by atoms with E-state index >= 15 is 0 Å². The van der Waals surface area contributed by atoms with Crippen LogP contribution in [0.4, 0.5) is 0 Å². The first-order valence-corrected chi connectivity index (χ1v) is 6.49. The molecule has 1 heterocycles. The first kappa shape index (κ1) is 10.3. The smallest absolute Gasteiger partial charge is 0.148 e. The SMILES string of the molecule is CCCCC1(C#N)SCCCS1. The lowest BCUT2D eigenvalue weighted by Gasteiger charge is -2.29. The highest BCUT2D eigenvalue weighted by molar-refractivity contribution is 8.19. The maximum Gasteiger partial charge on any atom is 0.148 e. The van der Waals surface area contributed by atoms with Gasteiger partial charge in [-0.05, 0) is 24.3 Å². The second-order valence-electron chi connectivity index (χ2n) is 3.02.